The van der Waals surface area contributed by atoms with Crippen molar-refractivity contribution in [1.82, 2.24) is 9.97 Å². The molecule has 2 rings (SSSR count). The number of fused-ring (bicyclic) bond motifs is 1. The first-order valence-corrected chi connectivity index (χ1v) is 4.90. The van der Waals surface area contributed by atoms with Gasteiger partial charge in [-0.15, -0.1) is 0 Å². The van der Waals surface area contributed by atoms with Crippen molar-refractivity contribution >= 4 is 27.0 Å². The molecule has 0 aliphatic carbocycles. The number of alkyl halides is 3. The van der Waals surface area contributed by atoms with E-state index in [0.717, 1.165) is 6.07 Å². The van der Waals surface area contributed by atoms with Gasteiger partial charge in [-0.1, -0.05) is 15.9 Å². The molecule has 0 aliphatic heterocycles. The summed E-state index contributed by atoms with van der Waals surface area (Å²) >= 11 is 3.03. The SMILES string of the molecule is Cc1nc2cc(Br)cc(C(F)(F)F)c2[nH]1. The molecule has 2 nitrogen and oxygen atoms in total. The third-order valence-corrected chi connectivity index (χ3v) is 2.44. The van der Waals surface area contributed by atoms with Gasteiger partial charge >= 0.3 is 6.18 Å². The number of imidazole rings is 1. The molecule has 0 aliphatic rings. The number of aryl methyl sites for hydroxylation is 1. The molecule has 0 atom stereocenters. The van der Waals surface area contributed by atoms with E-state index >= 15 is 0 Å². The number of rotatable bonds is 0. The molecule has 0 saturated heterocycles. The van der Waals surface area contributed by atoms with E-state index in [1.54, 1.807) is 13.0 Å². The van der Waals surface area contributed by atoms with E-state index in [1.165, 1.54) is 0 Å². The Kier molecular flexibility index (Phi) is 2.26. The maximum atomic E-state index is 12.6. The minimum atomic E-state index is -4.37. The molecule has 0 bridgehead atoms. The van der Waals surface area contributed by atoms with Crippen LogP contribution in [0, 0.1) is 6.92 Å². The molecule has 1 aromatic heterocycles. The van der Waals surface area contributed by atoms with Gasteiger partial charge in [-0.25, -0.2) is 4.98 Å². The van der Waals surface area contributed by atoms with E-state index in [0.29, 0.717) is 15.8 Å². The van der Waals surface area contributed by atoms with Crippen LogP contribution in [0.15, 0.2) is 16.6 Å². The van der Waals surface area contributed by atoms with Crippen molar-refractivity contribution in [3.63, 3.8) is 0 Å². The lowest BCUT2D eigenvalue weighted by molar-refractivity contribution is -0.136. The summed E-state index contributed by atoms with van der Waals surface area (Å²) in [6.45, 7) is 1.62. The Bertz CT molecular complexity index is 516. The maximum Gasteiger partial charge on any atom is 0.418 e. The summed E-state index contributed by atoms with van der Waals surface area (Å²) < 4.78 is 38.3. The molecule has 6 heteroatoms. The lowest BCUT2D eigenvalue weighted by atomic mass is 10.2. The van der Waals surface area contributed by atoms with Gasteiger partial charge in [0.25, 0.3) is 0 Å². The Labute approximate surface area is 91.6 Å². The fourth-order valence-electron chi connectivity index (χ4n) is 1.43. The van der Waals surface area contributed by atoms with Crippen LogP contribution < -0.4 is 0 Å². The van der Waals surface area contributed by atoms with Crippen LogP contribution in [0.5, 0.6) is 0 Å². The molecule has 15 heavy (non-hydrogen) atoms. The van der Waals surface area contributed by atoms with Crippen LogP contribution in [-0.4, -0.2) is 9.97 Å². The number of aromatic nitrogens is 2. The highest BCUT2D eigenvalue weighted by Gasteiger charge is 2.33. The quantitative estimate of drug-likeness (QED) is 0.783. The molecule has 2 aromatic rings. The number of hydrogen-bond acceptors (Lipinski definition) is 1. The molecule has 0 amide bonds. The Morgan fingerprint density at radius 2 is 2.00 bits per heavy atom. The second kappa shape index (κ2) is 3.23. The minimum absolute atomic E-state index is 0.0307. The third kappa shape index (κ3) is 1.86. The Morgan fingerprint density at radius 3 is 2.60 bits per heavy atom. The maximum absolute atomic E-state index is 12.6. The van der Waals surface area contributed by atoms with Gasteiger partial charge in [-0.2, -0.15) is 13.2 Å². The van der Waals surface area contributed by atoms with Crippen molar-refractivity contribution < 1.29 is 13.2 Å². The van der Waals surface area contributed by atoms with Gasteiger partial charge in [0, 0.05) is 4.47 Å². The van der Waals surface area contributed by atoms with Gasteiger partial charge < -0.3 is 4.98 Å². The van der Waals surface area contributed by atoms with Crippen molar-refractivity contribution in [2.75, 3.05) is 0 Å². The Morgan fingerprint density at radius 1 is 1.33 bits per heavy atom. The van der Waals surface area contributed by atoms with Crippen LogP contribution >= 0.6 is 15.9 Å². The zero-order valence-corrected chi connectivity index (χ0v) is 9.20. The van der Waals surface area contributed by atoms with Crippen molar-refractivity contribution in [1.29, 1.82) is 0 Å². The molecule has 1 heterocycles. The summed E-state index contributed by atoms with van der Waals surface area (Å²) in [5.74, 6) is 0.466. The minimum Gasteiger partial charge on any atom is -0.342 e. The topological polar surface area (TPSA) is 28.7 Å². The van der Waals surface area contributed by atoms with Crippen LogP contribution in [0.25, 0.3) is 11.0 Å². The largest absolute Gasteiger partial charge is 0.418 e. The summed E-state index contributed by atoms with van der Waals surface area (Å²) in [6.07, 6.45) is -4.37. The molecule has 1 aromatic carbocycles. The number of nitrogens with zero attached hydrogens (tertiary/aromatic N) is 1. The summed E-state index contributed by atoms with van der Waals surface area (Å²) in [5.41, 5.74) is -0.357. The van der Waals surface area contributed by atoms with E-state index in [2.05, 4.69) is 25.9 Å². The van der Waals surface area contributed by atoms with Crippen LogP contribution in [0.2, 0.25) is 0 Å². The molecule has 0 spiro atoms. The number of halogens is 4. The summed E-state index contributed by atoms with van der Waals surface area (Å²) in [6, 6.07) is 2.59. The molecular formula is C9H6BrF3N2. The zero-order chi connectivity index (χ0) is 11.2. The molecule has 0 fully saturated rings. The fraction of sp³-hybridized carbons (Fsp3) is 0.222. The monoisotopic (exact) mass is 278 g/mol. The van der Waals surface area contributed by atoms with E-state index < -0.39 is 11.7 Å². The second-order valence-corrected chi connectivity index (χ2v) is 4.08. The molecular weight excluding hydrogens is 273 g/mol. The predicted molar refractivity (Wildman–Crippen MR) is 53.5 cm³/mol. The number of hydrogen-bond donors (Lipinski definition) is 1. The predicted octanol–water partition coefficient (Wildman–Crippen LogP) is 3.65. The molecule has 0 saturated carbocycles. The Hall–Kier alpha value is -1.04. The van der Waals surface area contributed by atoms with E-state index in [4.69, 9.17) is 0 Å². The molecule has 0 radical (unpaired) electrons. The summed E-state index contributed by atoms with van der Waals surface area (Å²) in [5, 5.41) is 0. The van der Waals surface area contributed by atoms with E-state index in [9.17, 15) is 13.2 Å². The van der Waals surface area contributed by atoms with Crippen LogP contribution in [0.3, 0.4) is 0 Å². The summed E-state index contributed by atoms with van der Waals surface area (Å²) in [4.78, 5) is 6.57. The average Bonchev–Trinajstić information content (AvgIpc) is 2.41. The van der Waals surface area contributed by atoms with Crippen molar-refractivity contribution in [2.24, 2.45) is 0 Å². The lowest BCUT2D eigenvalue weighted by Gasteiger charge is -2.07. The second-order valence-electron chi connectivity index (χ2n) is 3.17. The number of aromatic amines is 1. The van der Waals surface area contributed by atoms with Gasteiger partial charge in [0.1, 0.15) is 5.82 Å². The standard InChI is InChI=1S/C9H6BrF3N2/c1-4-14-7-3-5(10)2-6(8(7)15-4)9(11,12)13/h2-3H,1H3,(H,14,15). The average molecular weight is 279 g/mol. The molecule has 0 unspecified atom stereocenters. The van der Waals surface area contributed by atoms with Crippen molar-refractivity contribution in [2.45, 2.75) is 13.1 Å². The van der Waals surface area contributed by atoms with Crippen LogP contribution in [-0.2, 0) is 6.18 Å². The Balaban J connectivity index is 2.82. The normalized spacial score (nSPS) is 12.3. The number of benzene rings is 1. The van der Waals surface area contributed by atoms with Crippen molar-refractivity contribution in [3.8, 4) is 0 Å². The van der Waals surface area contributed by atoms with Gasteiger partial charge in [0.15, 0.2) is 0 Å². The van der Waals surface area contributed by atoms with Gasteiger partial charge in [-0.05, 0) is 19.1 Å². The number of nitrogens with one attached hydrogen (secondary N) is 1. The first kappa shape index (κ1) is 10.5. The van der Waals surface area contributed by atoms with Gasteiger partial charge in [-0.3, -0.25) is 0 Å². The molecule has 80 valence electrons. The number of H-pyrrole nitrogens is 1. The van der Waals surface area contributed by atoms with E-state index in [1.807, 2.05) is 0 Å². The highest BCUT2D eigenvalue weighted by atomic mass is 79.9. The van der Waals surface area contributed by atoms with E-state index in [-0.39, 0.29) is 5.52 Å². The third-order valence-electron chi connectivity index (χ3n) is 1.98. The van der Waals surface area contributed by atoms with Crippen LogP contribution in [0.4, 0.5) is 13.2 Å². The fourth-order valence-corrected chi connectivity index (χ4v) is 1.87. The van der Waals surface area contributed by atoms with Crippen molar-refractivity contribution in [3.05, 3.63) is 28.0 Å². The highest BCUT2D eigenvalue weighted by Crippen LogP contribution is 2.35. The van der Waals surface area contributed by atoms with Gasteiger partial charge in [0.05, 0.1) is 16.6 Å². The zero-order valence-electron chi connectivity index (χ0n) is 7.61. The highest BCUT2D eigenvalue weighted by molar-refractivity contribution is 9.10. The van der Waals surface area contributed by atoms with Gasteiger partial charge in [0.2, 0.25) is 0 Å². The van der Waals surface area contributed by atoms with Crippen LogP contribution in [0.1, 0.15) is 11.4 Å². The first-order chi connectivity index (χ1) is 6.88. The smallest absolute Gasteiger partial charge is 0.342 e. The lowest BCUT2D eigenvalue weighted by Crippen LogP contribution is -2.05. The molecule has 1 N–H and O–H groups in total. The first-order valence-electron chi connectivity index (χ1n) is 4.11. The summed E-state index contributed by atoms with van der Waals surface area (Å²) in [7, 11) is 0.